The summed E-state index contributed by atoms with van der Waals surface area (Å²) in [7, 11) is 6.58. The Labute approximate surface area is 594 Å². The summed E-state index contributed by atoms with van der Waals surface area (Å²) in [6.45, 7) is 52.2. The van der Waals surface area contributed by atoms with Gasteiger partial charge < -0.3 is 93.3 Å². The molecule has 0 unspecified atom stereocenters. The molecule has 0 radical (unpaired) electrons. The molecule has 0 saturated carbocycles. The second-order valence-electron chi connectivity index (χ2n) is 31.9. The average Bonchev–Trinajstić information content (AvgIpc) is 3.66. The fraction of sp³-hybridized carbons (Fsp3) is 1.00. The summed E-state index contributed by atoms with van der Waals surface area (Å²) in [5, 5.41) is 66.4. The van der Waals surface area contributed by atoms with Gasteiger partial charge in [0.1, 0.15) is 29.6 Å². The first-order chi connectivity index (χ1) is 45.1. The third-order valence-corrected chi connectivity index (χ3v) is 21.3. The van der Waals surface area contributed by atoms with Gasteiger partial charge in [-0.2, -0.15) is 0 Å². The van der Waals surface area contributed by atoms with Crippen molar-refractivity contribution in [2.45, 2.75) is 261 Å². The van der Waals surface area contributed by atoms with Crippen molar-refractivity contribution in [1.29, 1.82) is 0 Å². The summed E-state index contributed by atoms with van der Waals surface area (Å²) < 4.78 is 50.3. The van der Waals surface area contributed by atoms with Gasteiger partial charge in [0, 0.05) is 0 Å². The van der Waals surface area contributed by atoms with Gasteiger partial charge in [-0.1, -0.05) is 55.4 Å². The van der Waals surface area contributed by atoms with Crippen molar-refractivity contribution < 1.29 is 93.3 Å². The molecule has 24 heteroatoms. The minimum absolute atomic E-state index is 1.34. The number of piperidine rings is 8. The van der Waals surface area contributed by atoms with Crippen molar-refractivity contribution in [3.05, 3.63) is 0 Å². The maximum Gasteiger partial charge on any atom is 0.121 e. The average molecular weight is 1390 g/mol. The molecule has 8 fully saturated rings. The van der Waals surface area contributed by atoms with Crippen LogP contribution in [0.25, 0.3) is 0 Å². The summed E-state index contributed by atoms with van der Waals surface area (Å²) in [5.74, 6) is 0. The van der Waals surface area contributed by atoms with Gasteiger partial charge in [0.25, 0.3) is 0 Å². The van der Waals surface area contributed by atoms with Gasteiger partial charge in [-0.05, 0) is 205 Å². The molecule has 8 heterocycles. The van der Waals surface area contributed by atoms with Crippen LogP contribution in [0.3, 0.4) is 0 Å². The second-order valence-corrected chi connectivity index (χ2v) is 31.9. The molecular weight excluding hydrogens is 1220 g/mol. The highest BCUT2D eigenvalue weighted by Gasteiger charge is 2.28. The standard InChI is InChI=1S/8C9H20N.4BFO2/c8*1-3-7-10(2)8-5-4-6-9-10;4*2-1(3)4/h8*3-9H2,1-2H3;;;;/q8*+1;4*-2. The van der Waals surface area contributed by atoms with Crippen LogP contribution in [0.1, 0.15) is 261 Å². The van der Waals surface area contributed by atoms with Crippen molar-refractivity contribution in [3.8, 4) is 0 Å². The zero-order chi connectivity index (χ0) is 73.9. The maximum absolute atomic E-state index is 9.89. The van der Waals surface area contributed by atoms with Gasteiger partial charge in [-0.15, -0.1) is 0 Å². The van der Waals surface area contributed by atoms with Gasteiger partial charge >= 0.3 is 0 Å². The summed E-state index contributed by atoms with van der Waals surface area (Å²) in [5.41, 5.74) is 0. The molecule has 8 aliphatic heterocycles. The van der Waals surface area contributed by atoms with E-state index >= 15 is 0 Å². The molecule has 96 heavy (non-hydrogen) atoms. The van der Waals surface area contributed by atoms with Crippen LogP contribution < -0.4 is 40.2 Å². The lowest BCUT2D eigenvalue weighted by Crippen LogP contribution is -2.48. The van der Waals surface area contributed by atoms with Crippen molar-refractivity contribution in [2.24, 2.45) is 0 Å². The van der Waals surface area contributed by atoms with Crippen molar-refractivity contribution >= 4 is 29.6 Å². The largest absolute Gasteiger partial charge is 0.867 e. The van der Waals surface area contributed by atoms with Crippen LogP contribution in [0.5, 0.6) is 0 Å². The molecule has 0 spiro atoms. The van der Waals surface area contributed by atoms with Crippen molar-refractivity contribution in [1.82, 2.24) is 0 Å². The van der Waals surface area contributed by atoms with Gasteiger partial charge in [0.15, 0.2) is 0 Å². The number of nitrogens with zero attached hydrogens (tertiary/aromatic N) is 8. The van der Waals surface area contributed by atoms with E-state index in [1.165, 1.54) is 398 Å². The highest BCUT2D eigenvalue weighted by atomic mass is 19.1. The lowest BCUT2D eigenvalue weighted by atomic mass is 10.1. The van der Waals surface area contributed by atoms with Crippen LogP contribution in [-0.2, 0) is 0 Å². The molecule has 576 valence electrons. The number of hydrogen-bond donors (Lipinski definition) is 0. The van der Waals surface area contributed by atoms with E-state index in [0.717, 1.165) is 0 Å². The van der Waals surface area contributed by atoms with Gasteiger partial charge in [-0.3, -0.25) is 0 Å². The Morgan fingerprint density at radius 1 is 0.177 bits per heavy atom. The third kappa shape index (κ3) is 64.2. The third-order valence-electron chi connectivity index (χ3n) is 21.3. The lowest BCUT2D eigenvalue weighted by molar-refractivity contribution is -0.914. The molecule has 8 saturated heterocycles. The van der Waals surface area contributed by atoms with E-state index < -0.39 is 29.6 Å². The summed E-state index contributed by atoms with van der Waals surface area (Å²) in [6.07, 6.45) is 45.8. The first-order valence-electron chi connectivity index (χ1n) is 39.6. The summed E-state index contributed by atoms with van der Waals surface area (Å²) >= 11 is 0. The minimum Gasteiger partial charge on any atom is -0.867 e. The Hall–Kier alpha value is -0.660. The highest BCUT2D eigenvalue weighted by molar-refractivity contribution is 6.27. The fourth-order valence-electron chi connectivity index (χ4n) is 16.3. The van der Waals surface area contributed by atoms with Crippen LogP contribution >= 0.6 is 0 Å². The van der Waals surface area contributed by atoms with Gasteiger partial charge in [0.05, 0.1) is 213 Å². The van der Waals surface area contributed by atoms with Crippen molar-refractivity contribution in [3.63, 3.8) is 0 Å². The van der Waals surface area contributed by atoms with Crippen molar-refractivity contribution in [2.75, 3.05) is 213 Å². The fourth-order valence-corrected chi connectivity index (χ4v) is 16.3. The Kier molecular flexibility index (Phi) is 65.5. The van der Waals surface area contributed by atoms with Crippen LogP contribution in [-0.4, -0.2) is 279 Å². The summed E-state index contributed by atoms with van der Waals surface area (Å²) in [4.78, 5) is 0. The molecule has 0 aromatic rings. The molecule has 0 aromatic heterocycles. The Morgan fingerprint density at radius 2 is 0.240 bits per heavy atom. The topological polar surface area (TPSA) is 184 Å². The second kappa shape index (κ2) is 61.8. The number of quaternary nitrogens is 8. The lowest BCUT2D eigenvalue weighted by Gasteiger charge is -2.37. The predicted octanol–water partition coefficient (Wildman–Crippen LogP) is 6.86. The molecular formula is C72H160B4F4N8O8. The summed E-state index contributed by atoms with van der Waals surface area (Å²) in [6, 6.07) is 0. The van der Waals surface area contributed by atoms with E-state index in [1.54, 1.807) is 0 Å². The van der Waals surface area contributed by atoms with E-state index in [0.29, 0.717) is 0 Å². The SMILES string of the molecule is CCC[N+]1(C)CCCCC1.CCC[N+]1(C)CCCCC1.CCC[N+]1(C)CCCCC1.CCC[N+]1(C)CCCCC1.CCC[N+]1(C)CCCCC1.CCC[N+]1(C)CCCCC1.CCC[N+]1(C)CCCCC1.CCC[N+]1(C)CCCCC1.[O-]B([O-])F.[O-]B([O-])F.[O-]B([O-])F.[O-]B([O-])F. The molecule has 0 aromatic carbocycles. The molecule has 0 N–H and O–H groups in total. The Balaban J connectivity index is -0.000000488. The Morgan fingerprint density at radius 3 is 0.292 bits per heavy atom. The first kappa shape index (κ1) is 102. The molecule has 8 rings (SSSR count). The van der Waals surface area contributed by atoms with E-state index in [2.05, 4.69) is 112 Å². The van der Waals surface area contributed by atoms with Gasteiger partial charge in [-0.25, -0.2) is 0 Å². The maximum atomic E-state index is 9.89. The minimum atomic E-state index is -3.17. The zero-order valence-corrected chi connectivity index (χ0v) is 66.3. The number of hydrogen-bond acceptors (Lipinski definition) is 8. The molecule has 0 atom stereocenters. The number of likely N-dealkylation sites (tertiary alicyclic amines) is 8. The van der Waals surface area contributed by atoms with E-state index in [1.807, 2.05) is 0 Å². The smallest absolute Gasteiger partial charge is 0.121 e. The van der Waals surface area contributed by atoms with Crippen LogP contribution in [0.15, 0.2) is 0 Å². The predicted molar refractivity (Wildman–Crippen MR) is 387 cm³/mol. The number of rotatable bonds is 16. The highest BCUT2D eigenvalue weighted by Crippen LogP contribution is 2.22. The molecule has 0 bridgehead atoms. The molecule has 16 nitrogen and oxygen atoms in total. The van der Waals surface area contributed by atoms with Crippen LogP contribution in [0.4, 0.5) is 17.3 Å². The number of halogens is 4. The van der Waals surface area contributed by atoms with Crippen LogP contribution in [0.2, 0.25) is 0 Å². The quantitative estimate of drug-likeness (QED) is 0.0912. The Bertz CT molecular complexity index is 1250. The first-order valence-corrected chi connectivity index (χ1v) is 39.6. The molecule has 0 aliphatic carbocycles. The van der Waals surface area contributed by atoms with E-state index in [4.69, 9.17) is 40.2 Å². The van der Waals surface area contributed by atoms with Gasteiger partial charge in [0.2, 0.25) is 0 Å². The molecule has 0 amide bonds. The zero-order valence-electron chi connectivity index (χ0n) is 66.3. The van der Waals surface area contributed by atoms with E-state index in [-0.39, 0.29) is 0 Å². The van der Waals surface area contributed by atoms with Crippen LogP contribution in [0, 0.1) is 0 Å². The normalized spacial score (nSPS) is 21.6. The van der Waals surface area contributed by atoms with E-state index in [9.17, 15) is 17.3 Å². The molecule has 8 aliphatic rings. The monoisotopic (exact) mass is 1390 g/mol.